The molecule has 0 radical (unpaired) electrons. The highest BCUT2D eigenvalue weighted by Crippen LogP contribution is 2.36. The van der Waals surface area contributed by atoms with Gasteiger partial charge in [-0.1, -0.05) is 60.7 Å². The van der Waals surface area contributed by atoms with Crippen molar-refractivity contribution in [3.8, 4) is 11.5 Å². The Bertz CT molecular complexity index is 1200. The minimum absolute atomic E-state index is 0.186. The van der Waals surface area contributed by atoms with Gasteiger partial charge in [0.2, 0.25) is 0 Å². The van der Waals surface area contributed by atoms with Crippen LogP contribution in [0.15, 0.2) is 72.8 Å². The summed E-state index contributed by atoms with van der Waals surface area (Å²) in [6, 6.07) is 21.6. The average molecular weight is 476 g/mol. The van der Waals surface area contributed by atoms with Gasteiger partial charge >= 0.3 is 5.97 Å². The van der Waals surface area contributed by atoms with Gasteiger partial charge < -0.3 is 19.1 Å². The van der Waals surface area contributed by atoms with Crippen molar-refractivity contribution >= 4 is 17.6 Å². The molecule has 9 heteroatoms. The van der Waals surface area contributed by atoms with E-state index in [1.54, 1.807) is 4.90 Å². The molecule has 4 rings (SSSR count). The molecule has 1 aliphatic rings. The van der Waals surface area contributed by atoms with Crippen LogP contribution >= 0.6 is 0 Å². The van der Waals surface area contributed by atoms with Crippen LogP contribution in [0.4, 0.5) is 5.69 Å². The largest absolute Gasteiger partial charge is 0.486 e. The highest BCUT2D eigenvalue weighted by molar-refractivity contribution is 5.96. The first-order valence-corrected chi connectivity index (χ1v) is 11.1. The molecule has 0 atom stereocenters. The van der Waals surface area contributed by atoms with Crippen LogP contribution in [0.25, 0.3) is 0 Å². The number of esters is 1. The van der Waals surface area contributed by atoms with Crippen molar-refractivity contribution in [2.24, 2.45) is 0 Å². The zero-order valence-electron chi connectivity index (χ0n) is 18.9. The van der Waals surface area contributed by atoms with Crippen LogP contribution in [-0.2, 0) is 22.5 Å². The first-order valence-electron chi connectivity index (χ1n) is 11.1. The standard InChI is InChI=1S/C26H24N2O7/c29-25(27(17-20-9-5-2-6-10-20)12-11-19-7-3-1-4-8-19)18-35-26(30)21-15-23-24(34-14-13-33-23)16-22(21)28(31)32/h1-10,15-16H,11-14,17-18H2. The molecule has 0 bridgehead atoms. The van der Waals surface area contributed by atoms with Crippen LogP contribution in [-0.4, -0.2) is 48.1 Å². The number of fused-ring (bicyclic) bond motifs is 1. The fourth-order valence-electron chi connectivity index (χ4n) is 3.69. The second kappa shape index (κ2) is 11.1. The molecular weight excluding hydrogens is 452 g/mol. The summed E-state index contributed by atoms with van der Waals surface area (Å²) < 4.78 is 16.0. The Morgan fingerprint density at radius 3 is 2.14 bits per heavy atom. The lowest BCUT2D eigenvalue weighted by Gasteiger charge is -2.23. The van der Waals surface area contributed by atoms with Crippen LogP contribution < -0.4 is 9.47 Å². The molecule has 1 aliphatic heterocycles. The molecule has 0 N–H and O–H groups in total. The molecule has 35 heavy (non-hydrogen) atoms. The smallest absolute Gasteiger partial charge is 0.345 e. The fraction of sp³-hybridized carbons (Fsp3) is 0.231. The first-order chi connectivity index (χ1) is 17.0. The number of nitrogens with zero attached hydrogens (tertiary/aromatic N) is 2. The number of nitro benzene ring substituents is 1. The van der Waals surface area contributed by atoms with Crippen LogP contribution in [0.3, 0.4) is 0 Å². The van der Waals surface area contributed by atoms with Crippen molar-refractivity contribution in [2.45, 2.75) is 13.0 Å². The van der Waals surface area contributed by atoms with Gasteiger partial charge in [0.1, 0.15) is 18.8 Å². The molecule has 1 heterocycles. The first kappa shape index (κ1) is 23.7. The number of rotatable bonds is 9. The second-order valence-electron chi connectivity index (χ2n) is 7.88. The van der Waals surface area contributed by atoms with Gasteiger partial charge in [0, 0.05) is 19.2 Å². The van der Waals surface area contributed by atoms with E-state index in [1.807, 2.05) is 60.7 Å². The zero-order valence-corrected chi connectivity index (χ0v) is 18.9. The van der Waals surface area contributed by atoms with E-state index >= 15 is 0 Å². The summed E-state index contributed by atoms with van der Waals surface area (Å²) in [4.78, 5) is 38.2. The number of ether oxygens (including phenoxy) is 3. The summed E-state index contributed by atoms with van der Waals surface area (Å²) in [6.45, 7) is 0.718. The number of benzene rings is 3. The fourth-order valence-corrected chi connectivity index (χ4v) is 3.69. The quantitative estimate of drug-likeness (QED) is 0.263. The van der Waals surface area contributed by atoms with E-state index < -0.39 is 29.1 Å². The van der Waals surface area contributed by atoms with Gasteiger partial charge in [0.25, 0.3) is 11.6 Å². The third-order valence-corrected chi connectivity index (χ3v) is 5.49. The van der Waals surface area contributed by atoms with Gasteiger partial charge in [-0.3, -0.25) is 14.9 Å². The Morgan fingerprint density at radius 2 is 1.51 bits per heavy atom. The summed E-state index contributed by atoms with van der Waals surface area (Å²) in [6.07, 6.45) is 0.626. The van der Waals surface area contributed by atoms with Gasteiger partial charge in [-0.25, -0.2) is 4.79 Å². The molecule has 0 spiro atoms. The van der Waals surface area contributed by atoms with E-state index in [0.29, 0.717) is 19.5 Å². The van der Waals surface area contributed by atoms with Gasteiger partial charge in [0.15, 0.2) is 18.1 Å². The van der Waals surface area contributed by atoms with E-state index in [2.05, 4.69) is 0 Å². The molecule has 9 nitrogen and oxygen atoms in total. The molecule has 0 saturated carbocycles. The van der Waals surface area contributed by atoms with Crippen molar-refractivity contribution in [3.63, 3.8) is 0 Å². The third kappa shape index (κ3) is 6.14. The van der Waals surface area contributed by atoms with E-state index in [4.69, 9.17) is 14.2 Å². The van der Waals surface area contributed by atoms with Crippen LogP contribution in [0.1, 0.15) is 21.5 Å². The average Bonchev–Trinajstić information content (AvgIpc) is 2.89. The Labute approximate surface area is 202 Å². The topological polar surface area (TPSA) is 108 Å². The molecule has 0 aromatic heterocycles. The number of nitro groups is 1. The summed E-state index contributed by atoms with van der Waals surface area (Å²) in [5.74, 6) is -0.984. The monoisotopic (exact) mass is 476 g/mol. The summed E-state index contributed by atoms with van der Waals surface area (Å²) >= 11 is 0. The van der Waals surface area contributed by atoms with Crippen molar-refractivity contribution in [1.82, 2.24) is 4.90 Å². The predicted molar refractivity (Wildman–Crippen MR) is 126 cm³/mol. The second-order valence-corrected chi connectivity index (χ2v) is 7.88. The Hall–Kier alpha value is -4.40. The molecular formula is C26H24N2O7. The Balaban J connectivity index is 1.46. The maximum absolute atomic E-state index is 13.0. The molecule has 1 amide bonds. The van der Waals surface area contributed by atoms with E-state index in [9.17, 15) is 19.7 Å². The van der Waals surface area contributed by atoms with Gasteiger partial charge in [0.05, 0.1) is 11.0 Å². The Morgan fingerprint density at radius 1 is 0.914 bits per heavy atom. The summed E-state index contributed by atoms with van der Waals surface area (Å²) in [5, 5.41) is 11.5. The molecule has 0 aliphatic carbocycles. The molecule has 0 fully saturated rings. The molecule has 0 unspecified atom stereocenters. The lowest BCUT2D eigenvalue weighted by Crippen LogP contribution is -2.36. The third-order valence-electron chi connectivity index (χ3n) is 5.49. The van der Waals surface area contributed by atoms with E-state index in [1.165, 1.54) is 6.07 Å². The van der Waals surface area contributed by atoms with Crippen molar-refractivity contribution in [1.29, 1.82) is 0 Å². The molecule has 0 saturated heterocycles. The number of carbonyl (C=O) groups excluding carboxylic acids is 2. The molecule has 180 valence electrons. The SMILES string of the molecule is O=C(OCC(=O)N(CCc1ccccc1)Cc1ccccc1)c1cc2c(cc1[N+](=O)[O-])OCCO2. The number of amides is 1. The Kier molecular flexibility index (Phi) is 7.57. The van der Waals surface area contributed by atoms with Crippen LogP contribution in [0, 0.1) is 10.1 Å². The van der Waals surface area contributed by atoms with Gasteiger partial charge in [-0.2, -0.15) is 0 Å². The summed E-state index contributed by atoms with van der Waals surface area (Å²) in [5.41, 5.74) is 1.23. The van der Waals surface area contributed by atoms with Crippen molar-refractivity contribution < 1.29 is 28.7 Å². The normalized spacial score (nSPS) is 12.0. The van der Waals surface area contributed by atoms with Crippen LogP contribution in [0.5, 0.6) is 11.5 Å². The molecule has 3 aromatic rings. The zero-order chi connectivity index (χ0) is 24.6. The van der Waals surface area contributed by atoms with Gasteiger partial charge in [-0.05, 0) is 17.5 Å². The number of hydrogen-bond donors (Lipinski definition) is 0. The number of hydrogen-bond acceptors (Lipinski definition) is 7. The highest BCUT2D eigenvalue weighted by Gasteiger charge is 2.28. The lowest BCUT2D eigenvalue weighted by atomic mass is 10.1. The van der Waals surface area contributed by atoms with Crippen molar-refractivity contribution in [2.75, 3.05) is 26.4 Å². The van der Waals surface area contributed by atoms with Gasteiger partial charge in [-0.15, -0.1) is 0 Å². The lowest BCUT2D eigenvalue weighted by molar-refractivity contribution is -0.385. The minimum Gasteiger partial charge on any atom is -0.486 e. The number of carbonyl (C=O) groups is 2. The maximum Gasteiger partial charge on any atom is 0.345 e. The van der Waals surface area contributed by atoms with Crippen molar-refractivity contribution in [3.05, 3.63) is 99.6 Å². The maximum atomic E-state index is 13.0. The minimum atomic E-state index is -0.982. The summed E-state index contributed by atoms with van der Waals surface area (Å²) in [7, 11) is 0. The van der Waals surface area contributed by atoms with E-state index in [0.717, 1.165) is 17.2 Å². The molecule has 3 aromatic carbocycles. The highest BCUT2D eigenvalue weighted by atomic mass is 16.6. The predicted octanol–water partition coefficient (Wildman–Crippen LogP) is 3.79. The van der Waals surface area contributed by atoms with E-state index in [-0.39, 0.29) is 30.3 Å². The van der Waals surface area contributed by atoms with Crippen LogP contribution in [0.2, 0.25) is 0 Å².